The van der Waals surface area contributed by atoms with Crippen molar-refractivity contribution in [2.24, 2.45) is 17.6 Å². The molecule has 0 aliphatic heterocycles. The van der Waals surface area contributed by atoms with Gasteiger partial charge in [0.25, 0.3) is 0 Å². The first-order valence-corrected chi connectivity index (χ1v) is 11.2. The fourth-order valence-corrected chi connectivity index (χ4v) is 5.36. The zero-order chi connectivity index (χ0) is 20.5. The molecule has 2 aromatic carbocycles. The number of ether oxygens (including phenoxy) is 2. The van der Waals surface area contributed by atoms with E-state index in [-0.39, 0.29) is 6.10 Å². The highest BCUT2D eigenvalue weighted by atomic mass is 35.5. The molecule has 2 bridgehead atoms. The summed E-state index contributed by atoms with van der Waals surface area (Å²) in [7, 11) is 0. The van der Waals surface area contributed by atoms with Gasteiger partial charge in [-0.05, 0) is 66.7 Å². The van der Waals surface area contributed by atoms with Crippen molar-refractivity contribution in [2.75, 3.05) is 0 Å². The maximum Gasteiger partial charge on any atom is 0.221 e. The molecule has 2 aliphatic rings. The number of fused-ring (bicyclic) bond motifs is 3. The largest absolute Gasteiger partial charge is 0.488 e. The van der Waals surface area contributed by atoms with Gasteiger partial charge in [0.15, 0.2) is 0 Å². The highest BCUT2D eigenvalue weighted by Crippen LogP contribution is 2.43. The molecule has 2 saturated carbocycles. The monoisotopic (exact) mass is 422 g/mol. The average molecular weight is 423 g/mol. The van der Waals surface area contributed by atoms with Gasteiger partial charge in [-0.1, -0.05) is 48.4 Å². The maximum absolute atomic E-state index is 6.66. The van der Waals surface area contributed by atoms with Gasteiger partial charge in [-0.15, -0.1) is 0 Å². The van der Waals surface area contributed by atoms with E-state index in [0.717, 1.165) is 34.9 Å². The summed E-state index contributed by atoms with van der Waals surface area (Å²) in [5.41, 5.74) is 7.37. The molecule has 1 heterocycles. The van der Waals surface area contributed by atoms with E-state index in [1.807, 2.05) is 48.5 Å². The molecular weight excluding hydrogens is 396 g/mol. The van der Waals surface area contributed by atoms with Crippen LogP contribution in [0.5, 0.6) is 11.6 Å². The Bertz CT molecular complexity index is 1010. The number of hydrogen-bond acceptors (Lipinski definition) is 4. The van der Waals surface area contributed by atoms with Crippen molar-refractivity contribution in [3.63, 3.8) is 0 Å². The number of aromatic nitrogens is 1. The van der Waals surface area contributed by atoms with Crippen LogP contribution in [0.3, 0.4) is 0 Å². The van der Waals surface area contributed by atoms with E-state index in [1.54, 1.807) is 6.20 Å². The average Bonchev–Trinajstić information content (AvgIpc) is 2.74. The van der Waals surface area contributed by atoms with Gasteiger partial charge in [-0.25, -0.2) is 4.98 Å². The standard InChI is InChI=1S/C25H27ClN2O2/c26-22-14-21-17(9-10-28-25(21)29-15-16-5-2-1-3-6-16)13-23(22)30-24-18-7-4-8-19(24)12-20(27)11-18/h1-3,5-6,9-10,13-14,18-20,24H,4,7-8,11-12,15,27H2/t18-,19+,20?,24?. The highest BCUT2D eigenvalue weighted by molar-refractivity contribution is 6.33. The predicted molar refractivity (Wildman–Crippen MR) is 120 cm³/mol. The van der Waals surface area contributed by atoms with Crippen LogP contribution in [-0.4, -0.2) is 17.1 Å². The van der Waals surface area contributed by atoms with Gasteiger partial charge in [-0.2, -0.15) is 0 Å². The highest BCUT2D eigenvalue weighted by Gasteiger charge is 2.41. The summed E-state index contributed by atoms with van der Waals surface area (Å²) in [6.45, 7) is 0.467. The summed E-state index contributed by atoms with van der Waals surface area (Å²) in [4.78, 5) is 4.43. The number of nitrogens with two attached hydrogens (primary N) is 1. The first-order valence-electron chi connectivity index (χ1n) is 10.8. The van der Waals surface area contributed by atoms with Crippen molar-refractivity contribution >= 4 is 22.4 Å². The lowest BCUT2D eigenvalue weighted by molar-refractivity contribution is -0.00168. The summed E-state index contributed by atoms with van der Waals surface area (Å²) in [6.07, 6.45) is 7.75. The molecule has 2 N–H and O–H groups in total. The van der Waals surface area contributed by atoms with E-state index in [4.69, 9.17) is 26.8 Å². The van der Waals surface area contributed by atoms with Crippen LogP contribution in [0.15, 0.2) is 54.7 Å². The van der Waals surface area contributed by atoms with Crippen LogP contribution >= 0.6 is 11.6 Å². The molecule has 5 heteroatoms. The van der Waals surface area contributed by atoms with Crippen molar-refractivity contribution in [3.8, 4) is 11.6 Å². The number of halogens is 1. The van der Waals surface area contributed by atoms with Crippen molar-refractivity contribution in [3.05, 3.63) is 65.3 Å². The lowest BCUT2D eigenvalue weighted by Gasteiger charge is -2.44. The molecule has 1 aromatic heterocycles. The predicted octanol–water partition coefficient (Wildman–Crippen LogP) is 5.75. The van der Waals surface area contributed by atoms with Crippen molar-refractivity contribution in [2.45, 2.75) is 50.9 Å². The van der Waals surface area contributed by atoms with Gasteiger partial charge >= 0.3 is 0 Å². The van der Waals surface area contributed by atoms with Crippen LogP contribution in [0.1, 0.15) is 37.7 Å². The number of hydrogen-bond donors (Lipinski definition) is 1. The molecule has 4 nitrogen and oxygen atoms in total. The minimum atomic E-state index is 0.212. The second-order valence-electron chi connectivity index (χ2n) is 8.66. The summed E-state index contributed by atoms with van der Waals surface area (Å²) in [5.74, 6) is 2.40. The zero-order valence-electron chi connectivity index (χ0n) is 17.0. The third-order valence-corrected chi connectivity index (χ3v) is 6.85. The molecule has 2 aliphatic carbocycles. The Morgan fingerprint density at radius 1 is 1.03 bits per heavy atom. The van der Waals surface area contributed by atoms with E-state index in [0.29, 0.717) is 35.4 Å². The Morgan fingerprint density at radius 3 is 2.57 bits per heavy atom. The molecule has 0 spiro atoms. The fourth-order valence-electron chi connectivity index (χ4n) is 5.15. The van der Waals surface area contributed by atoms with Crippen molar-refractivity contribution in [1.29, 1.82) is 0 Å². The minimum Gasteiger partial charge on any atom is -0.488 e. The van der Waals surface area contributed by atoms with E-state index in [1.165, 1.54) is 19.3 Å². The van der Waals surface area contributed by atoms with Gasteiger partial charge in [0, 0.05) is 17.6 Å². The second-order valence-corrected chi connectivity index (χ2v) is 9.07. The number of nitrogens with zero attached hydrogens (tertiary/aromatic N) is 1. The smallest absolute Gasteiger partial charge is 0.221 e. The maximum atomic E-state index is 6.66. The third-order valence-electron chi connectivity index (χ3n) is 6.55. The van der Waals surface area contributed by atoms with Gasteiger partial charge < -0.3 is 15.2 Å². The molecule has 5 rings (SSSR count). The summed E-state index contributed by atoms with van der Waals surface area (Å²) < 4.78 is 12.5. The molecule has 2 unspecified atom stereocenters. The molecule has 3 aromatic rings. The lowest BCUT2D eigenvalue weighted by atomic mass is 9.68. The molecule has 0 amide bonds. The van der Waals surface area contributed by atoms with E-state index in [9.17, 15) is 0 Å². The normalized spacial score (nSPS) is 25.8. The first kappa shape index (κ1) is 19.7. The summed E-state index contributed by atoms with van der Waals surface area (Å²) >= 11 is 6.66. The van der Waals surface area contributed by atoms with Gasteiger partial charge in [0.05, 0.1) is 5.02 Å². The van der Waals surface area contributed by atoms with Crippen LogP contribution in [0.25, 0.3) is 10.8 Å². The number of pyridine rings is 1. The number of rotatable bonds is 5. The van der Waals surface area contributed by atoms with Gasteiger partial charge in [0.2, 0.25) is 5.88 Å². The van der Waals surface area contributed by atoms with E-state index in [2.05, 4.69) is 4.98 Å². The molecule has 0 radical (unpaired) electrons. The fraction of sp³-hybridized carbons (Fsp3) is 0.400. The third kappa shape index (κ3) is 3.99. The molecule has 30 heavy (non-hydrogen) atoms. The molecule has 4 atom stereocenters. The van der Waals surface area contributed by atoms with E-state index < -0.39 is 0 Å². The Balaban J connectivity index is 1.39. The van der Waals surface area contributed by atoms with Crippen LogP contribution < -0.4 is 15.2 Å². The Labute approximate surface area is 182 Å². The van der Waals surface area contributed by atoms with E-state index >= 15 is 0 Å². The molecule has 0 saturated heterocycles. The lowest BCUT2D eigenvalue weighted by Crippen LogP contribution is -2.48. The molecule has 2 fully saturated rings. The SMILES string of the molecule is NC1C[C@H]2CCC[C@@H](C1)C2Oc1cc2ccnc(OCc3ccccc3)c2cc1Cl. The first-order chi connectivity index (χ1) is 14.7. The zero-order valence-corrected chi connectivity index (χ0v) is 17.7. The second kappa shape index (κ2) is 8.44. The Morgan fingerprint density at radius 2 is 1.80 bits per heavy atom. The van der Waals surface area contributed by atoms with Crippen LogP contribution in [-0.2, 0) is 6.61 Å². The van der Waals surface area contributed by atoms with Crippen molar-refractivity contribution < 1.29 is 9.47 Å². The number of benzene rings is 2. The van der Waals surface area contributed by atoms with Gasteiger partial charge in [0.1, 0.15) is 18.5 Å². The van der Waals surface area contributed by atoms with Crippen LogP contribution in [0, 0.1) is 11.8 Å². The molecule has 156 valence electrons. The summed E-state index contributed by atoms with van der Waals surface area (Å²) in [6, 6.07) is 16.3. The topological polar surface area (TPSA) is 57.4 Å². The quantitative estimate of drug-likeness (QED) is 0.568. The summed E-state index contributed by atoms with van der Waals surface area (Å²) in [5, 5.41) is 2.52. The Kier molecular flexibility index (Phi) is 5.53. The van der Waals surface area contributed by atoms with Gasteiger partial charge in [-0.3, -0.25) is 0 Å². The van der Waals surface area contributed by atoms with Crippen LogP contribution in [0.4, 0.5) is 0 Å². The molecular formula is C25H27ClN2O2. The minimum absolute atomic E-state index is 0.212. The Hall–Kier alpha value is -2.30. The van der Waals surface area contributed by atoms with Crippen molar-refractivity contribution in [1.82, 2.24) is 4.98 Å². The van der Waals surface area contributed by atoms with Crippen LogP contribution in [0.2, 0.25) is 5.02 Å².